The van der Waals surface area contributed by atoms with E-state index < -0.39 is 0 Å². The van der Waals surface area contributed by atoms with E-state index in [1.54, 1.807) is 24.7 Å². The van der Waals surface area contributed by atoms with Gasteiger partial charge in [-0.15, -0.1) is 0 Å². The summed E-state index contributed by atoms with van der Waals surface area (Å²) >= 11 is 0. The Morgan fingerprint density at radius 2 is 2.29 bits per heavy atom. The van der Waals surface area contributed by atoms with Gasteiger partial charge >= 0.3 is 0 Å². The van der Waals surface area contributed by atoms with Gasteiger partial charge in [0.15, 0.2) is 0 Å². The molecule has 0 saturated carbocycles. The van der Waals surface area contributed by atoms with Crippen LogP contribution in [0.1, 0.15) is 40.9 Å². The number of aromatic nitrogens is 5. The highest BCUT2D eigenvalue weighted by Crippen LogP contribution is 2.31. The zero-order valence-corrected chi connectivity index (χ0v) is 13.4. The van der Waals surface area contributed by atoms with Crippen molar-refractivity contribution in [2.24, 2.45) is 0 Å². The Hall–Kier alpha value is -2.96. The smallest absolute Gasteiger partial charge is 0.272 e. The molecular weight excluding hydrogens is 304 g/mol. The van der Waals surface area contributed by atoms with Gasteiger partial charge in [0.25, 0.3) is 5.91 Å². The number of hydrogen-bond acceptors (Lipinski definition) is 4. The highest BCUT2D eigenvalue weighted by atomic mass is 16.2. The molecule has 0 aromatic carbocycles. The number of likely N-dealkylation sites (tertiary alicyclic amines) is 1. The lowest BCUT2D eigenvalue weighted by Gasteiger charge is -2.22. The molecule has 2 N–H and O–H groups in total. The molecule has 3 aromatic heterocycles. The maximum absolute atomic E-state index is 12.9. The van der Waals surface area contributed by atoms with Gasteiger partial charge in [0, 0.05) is 36.4 Å². The summed E-state index contributed by atoms with van der Waals surface area (Å²) in [6.45, 7) is 2.69. The fraction of sp³-hybridized carbons (Fsp3) is 0.294. The number of aromatic amines is 2. The highest BCUT2D eigenvalue weighted by molar-refractivity contribution is 5.93. The average molecular weight is 322 g/mol. The quantitative estimate of drug-likeness (QED) is 0.775. The predicted octanol–water partition coefficient (Wildman–Crippen LogP) is 2.48. The number of carbonyl (C=O) groups is 1. The first-order valence-corrected chi connectivity index (χ1v) is 8.00. The van der Waals surface area contributed by atoms with Gasteiger partial charge < -0.3 is 9.88 Å². The van der Waals surface area contributed by atoms with E-state index >= 15 is 0 Å². The molecule has 1 saturated heterocycles. The Morgan fingerprint density at radius 3 is 3.04 bits per heavy atom. The average Bonchev–Trinajstić information content (AvgIpc) is 3.35. The first-order chi connectivity index (χ1) is 11.7. The minimum Gasteiger partial charge on any atom is -0.344 e. The van der Waals surface area contributed by atoms with Crippen LogP contribution in [0.3, 0.4) is 0 Å². The summed E-state index contributed by atoms with van der Waals surface area (Å²) in [7, 11) is 0. The van der Waals surface area contributed by atoms with Crippen LogP contribution in [0, 0.1) is 6.92 Å². The van der Waals surface area contributed by atoms with Crippen LogP contribution in [0.4, 0.5) is 0 Å². The van der Waals surface area contributed by atoms with E-state index in [4.69, 9.17) is 0 Å². The van der Waals surface area contributed by atoms with Crippen molar-refractivity contribution in [2.45, 2.75) is 25.8 Å². The van der Waals surface area contributed by atoms with Gasteiger partial charge in [-0.25, -0.2) is 4.98 Å². The summed E-state index contributed by atoms with van der Waals surface area (Å²) in [5, 5.41) is 7.10. The van der Waals surface area contributed by atoms with E-state index in [-0.39, 0.29) is 11.9 Å². The van der Waals surface area contributed by atoms with Crippen LogP contribution in [0.5, 0.6) is 0 Å². The molecule has 1 fully saturated rings. The Kier molecular flexibility index (Phi) is 3.60. The maximum atomic E-state index is 12.9. The van der Waals surface area contributed by atoms with Crippen LogP contribution in [-0.4, -0.2) is 42.5 Å². The lowest BCUT2D eigenvalue weighted by atomic mass is 10.2. The fourth-order valence-corrected chi connectivity index (χ4v) is 3.14. The molecule has 24 heavy (non-hydrogen) atoms. The molecule has 7 heteroatoms. The van der Waals surface area contributed by atoms with E-state index in [0.717, 1.165) is 42.2 Å². The van der Waals surface area contributed by atoms with E-state index in [1.807, 2.05) is 24.0 Å². The molecule has 0 bridgehead atoms. The van der Waals surface area contributed by atoms with Crippen LogP contribution in [0.25, 0.3) is 11.3 Å². The standard InChI is InChI=1S/C17H18N6O/c1-11-9-19-16(20-11)15-5-3-7-23(15)17(24)14-8-13(21-22-14)12-4-2-6-18-10-12/h2,4,6,8-10,15H,3,5,7H2,1H3,(H,19,20)(H,21,22)/t15-/m1/s1. The molecular formula is C17H18N6O. The third kappa shape index (κ3) is 2.58. The lowest BCUT2D eigenvalue weighted by molar-refractivity contribution is 0.0724. The van der Waals surface area contributed by atoms with Crippen LogP contribution < -0.4 is 0 Å². The molecule has 122 valence electrons. The Labute approximate surface area is 139 Å². The van der Waals surface area contributed by atoms with Crippen molar-refractivity contribution in [1.29, 1.82) is 0 Å². The topological polar surface area (TPSA) is 90.6 Å². The van der Waals surface area contributed by atoms with Crippen LogP contribution >= 0.6 is 0 Å². The van der Waals surface area contributed by atoms with Gasteiger partial charge in [-0.05, 0) is 38.0 Å². The third-order valence-corrected chi connectivity index (χ3v) is 4.32. The van der Waals surface area contributed by atoms with Gasteiger partial charge in [-0.1, -0.05) is 0 Å². The molecule has 0 aliphatic carbocycles. The predicted molar refractivity (Wildman–Crippen MR) is 88.2 cm³/mol. The maximum Gasteiger partial charge on any atom is 0.272 e. The molecule has 4 heterocycles. The van der Waals surface area contributed by atoms with Crippen molar-refractivity contribution in [3.63, 3.8) is 0 Å². The summed E-state index contributed by atoms with van der Waals surface area (Å²) in [5.74, 6) is 0.805. The van der Waals surface area contributed by atoms with Crippen LogP contribution in [0.15, 0.2) is 36.8 Å². The number of aryl methyl sites for hydroxylation is 1. The largest absolute Gasteiger partial charge is 0.344 e. The van der Waals surface area contributed by atoms with Crippen LogP contribution in [0.2, 0.25) is 0 Å². The number of imidazole rings is 1. The van der Waals surface area contributed by atoms with Crippen molar-refractivity contribution < 1.29 is 4.79 Å². The molecule has 1 aliphatic heterocycles. The minimum absolute atomic E-state index is 0.00339. The van der Waals surface area contributed by atoms with Crippen LogP contribution in [-0.2, 0) is 0 Å². The second kappa shape index (κ2) is 5.92. The minimum atomic E-state index is -0.0470. The first kappa shape index (κ1) is 14.6. The van der Waals surface area contributed by atoms with Gasteiger partial charge in [-0.2, -0.15) is 5.10 Å². The second-order valence-corrected chi connectivity index (χ2v) is 6.02. The van der Waals surface area contributed by atoms with E-state index in [2.05, 4.69) is 25.1 Å². The number of hydrogen-bond donors (Lipinski definition) is 2. The van der Waals surface area contributed by atoms with E-state index in [0.29, 0.717) is 5.69 Å². The molecule has 1 atom stereocenters. The number of amides is 1. The van der Waals surface area contributed by atoms with Crippen molar-refractivity contribution >= 4 is 5.91 Å². The molecule has 0 unspecified atom stereocenters. The van der Waals surface area contributed by atoms with Crippen molar-refractivity contribution in [1.82, 2.24) is 30.0 Å². The number of H-pyrrole nitrogens is 2. The molecule has 1 aliphatic rings. The number of pyridine rings is 1. The van der Waals surface area contributed by atoms with E-state index in [1.165, 1.54) is 0 Å². The molecule has 0 radical (unpaired) electrons. The zero-order chi connectivity index (χ0) is 16.5. The monoisotopic (exact) mass is 322 g/mol. The first-order valence-electron chi connectivity index (χ1n) is 8.00. The normalized spacial score (nSPS) is 17.4. The SMILES string of the molecule is Cc1cnc([C@H]2CCCN2C(=O)c2cc(-c3cccnc3)n[nH]2)[nH]1. The van der Waals surface area contributed by atoms with Crippen molar-refractivity contribution in [3.05, 3.63) is 54.0 Å². The number of nitrogens with zero attached hydrogens (tertiary/aromatic N) is 4. The Bertz CT molecular complexity index is 853. The lowest BCUT2D eigenvalue weighted by Crippen LogP contribution is -2.31. The number of nitrogens with one attached hydrogen (secondary N) is 2. The summed E-state index contributed by atoms with van der Waals surface area (Å²) < 4.78 is 0. The Morgan fingerprint density at radius 1 is 1.38 bits per heavy atom. The van der Waals surface area contributed by atoms with Gasteiger partial charge in [-0.3, -0.25) is 14.9 Å². The van der Waals surface area contributed by atoms with Crippen molar-refractivity contribution in [3.8, 4) is 11.3 Å². The summed E-state index contributed by atoms with van der Waals surface area (Å²) in [6, 6.07) is 5.54. The molecule has 3 aromatic rings. The summed E-state index contributed by atoms with van der Waals surface area (Å²) in [5.41, 5.74) is 3.09. The number of carbonyl (C=O) groups excluding carboxylic acids is 1. The third-order valence-electron chi connectivity index (χ3n) is 4.32. The molecule has 7 nitrogen and oxygen atoms in total. The van der Waals surface area contributed by atoms with E-state index in [9.17, 15) is 4.79 Å². The van der Waals surface area contributed by atoms with Gasteiger partial charge in [0.05, 0.1) is 11.7 Å². The zero-order valence-electron chi connectivity index (χ0n) is 13.4. The van der Waals surface area contributed by atoms with Crippen molar-refractivity contribution in [2.75, 3.05) is 6.54 Å². The molecule has 0 spiro atoms. The molecule has 1 amide bonds. The number of rotatable bonds is 3. The second-order valence-electron chi connectivity index (χ2n) is 6.02. The summed E-state index contributed by atoms with van der Waals surface area (Å²) in [4.78, 5) is 26.5. The molecule has 4 rings (SSSR count). The fourth-order valence-electron chi connectivity index (χ4n) is 3.14. The Balaban J connectivity index is 1.58. The highest BCUT2D eigenvalue weighted by Gasteiger charge is 2.33. The van der Waals surface area contributed by atoms with Gasteiger partial charge in [0.1, 0.15) is 11.5 Å². The van der Waals surface area contributed by atoms with Gasteiger partial charge in [0.2, 0.25) is 0 Å². The summed E-state index contributed by atoms with van der Waals surface area (Å²) in [6.07, 6.45) is 7.13.